The lowest BCUT2D eigenvalue weighted by atomic mass is 10.2. The number of hydrogen-bond donors (Lipinski definition) is 1. The molecule has 0 aromatic heterocycles. The van der Waals surface area contributed by atoms with Gasteiger partial charge in [-0.2, -0.15) is 0 Å². The first-order chi connectivity index (χ1) is 8.08. The van der Waals surface area contributed by atoms with Crippen LogP contribution < -0.4 is 0 Å². The molecule has 0 saturated carbocycles. The minimum Gasteiger partial charge on any atom is -0.396 e. The van der Waals surface area contributed by atoms with Crippen molar-refractivity contribution in [3.8, 4) is 0 Å². The largest absolute Gasteiger partial charge is 0.396 e. The van der Waals surface area contributed by atoms with E-state index in [0.29, 0.717) is 23.2 Å². The Bertz CT molecular complexity index is 422. The van der Waals surface area contributed by atoms with Gasteiger partial charge in [0.25, 0.3) is 5.69 Å². The summed E-state index contributed by atoms with van der Waals surface area (Å²) in [4.78, 5) is 21.6. The Morgan fingerprint density at radius 1 is 1.59 bits per heavy atom. The van der Waals surface area contributed by atoms with Gasteiger partial charge in [-0.3, -0.25) is 14.9 Å². The summed E-state index contributed by atoms with van der Waals surface area (Å²) >= 11 is 1.43. The highest BCUT2D eigenvalue weighted by atomic mass is 32.2. The third-order valence-electron chi connectivity index (χ3n) is 2.19. The number of carbonyl (C=O) groups excluding carboxylic acids is 1. The lowest BCUT2D eigenvalue weighted by Crippen LogP contribution is -2.00. The summed E-state index contributed by atoms with van der Waals surface area (Å²) in [5.41, 5.74) is 0.222. The van der Waals surface area contributed by atoms with Crippen molar-refractivity contribution in [3.63, 3.8) is 0 Å². The van der Waals surface area contributed by atoms with Crippen LogP contribution in [-0.4, -0.2) is 28.2 Å². The van der Waals surface area contributed by atoms with Gasteiger partial charge in [0.2, 0.25) is 0 Å². The van der Waals surface area contributed by atoms with Crippen molar-refractivity contribution < 1.29 is 14.8 Å². The second-order valence-corrected chi connectivity index (χ2v) is 5.02. The van der Waals surface area contributed by atoms with Gasteiger partial charge < -0.3 is 5.11 Å². The highest BCUT2D eigenvalue weighted by molar-refractivity contribution is 8.00. The summed E-state index contributed by atoms with van der Waals surface area (Å²) < 4.78 is 0. The molecule has 0 aliphatic rings. The molecule has 0 amide bonds. The van der Waals surface area contributed by atoms with Gasteiger partial charge in [0.1, 0.15) is 0 Å². The SMILES string of the molecule is CC(CCO)Sc1ccc([N+](=O)[O-])cc1C=O. The number of benzene rings is 1. The van der Waals surface area contributed by atoms with Gasteiger partial charge in [-0.25, -0.2) is 0 Å². The van der Waals surface area contributed by atoms with E-state index in [1.165, 1.54) is 23.9 Å². The standard InChI is InChI=1S/C11H13NO4S/c1-8(4-5-13)17-11-3-2-10(12(15)16)6-9(11)7-14/h2-3,6-8,13H,4-5H2,1H3. The molecule has 0 aliphatic heterocycles. The number of thioether (sulfide) groups is 1. The van der Waals surface area contributed by atoms with Crippen LogP contribution in [0.25, 0.3) is 0 Å². The topological polar surface area (TPSA) is 80.4 Å². The second kappa shape index (κ2) is 6.36. The number of carbonyl (C=O) groups is 1. The Morgan fingerprint density at radius 2 is 2.29 bits per heavy atom. The Labute approximate surface area is 103 Å². The molecular formula is C11H13NO4S. The smallest absolute Gasteiger partial charge is 0.270 e. The van der Waals surface area contributed by atoms with E-state index in [0.717, 1.165) is 0 Å². The summed E-state index contributed by atoms with van der Waals surface area (Å²) in [5, 5.41) is 19.5. The first-order valence-corrected chi connectivity index (χ1v) is 5.97. The molecule has 92 valence electrons. The molecule has 0 spiro atoms. The van der Waals surface area contributed by atoms with Crippen molar-refractivity contribution in [2.45, 2.75) is 23.5 Å². The number of rotatable bonds is 6. The molecule has 6 heteroatoms. The van der Waals surface area contributed by atoms with Crippen LogP contribution in [-0.2, 0) is 0 Å². The molecule has 1 unspecified atom stereocenters. The average molecular weight is 255 g/mol. The molecule has 17 heavy (non-hydrogen) atoms. The van der Waals surface area contributed by atoms with Crippen LogP contribution >= 0.6 is 11.8 Å². The van der Waals surface area contributed by atoms with Crippen LogP contribution in [0.1, 0.15) is 23.7 Å². The van der Waals surface area contributed by atoms with Crippen LogP contribution in [0.2, 0.25) is 0 Å². The van der Waals surface area contributed by atoms with E-state index < -0.39 is 4.92 Å². The number of non-ortho nitro benzene ring substituents is 1. The molecule has 1 atom stereocenters. The number of nitro groups is 1. The lowest BCUT2D eigenvalue weighted by molar-refractivity contribution is -0.384. The van der Waals surface area contributed by atoms with Crippen molar-refractivity contribution in [2.75, 3.05) is 6.61 Å². The average Bonchev–Trinajstić information content (AvgIpc) is 2.29. The Kier molecular flexibility index (Phi) is 5.11. The van der Waals surface area contributed by atoms with Crippen molar-refractivity contribution in [1.82, 2.24) is 0 Å². The van der Waals surface area contributed by atoms with E-state index in [4.69, 9.17) is 5.11 Å². The number of aldehydes is 1. The van der Waals surface area contributed by atoms with Crippen molar-refractivity contribution in [1.29, 1.82) is 0 Å². The van der Waals surface area contributed by atoms with Crippen molar-refractivity contribution in [3.05, 3.63) is 33.9 Å². The predicted octanol–water partition coefficient (Wildman–Crippen LogP) is 2.27. The predicted molar refractivity (Wildman–Crippen MR) is 65.5 cm³/mol. The summed E-state index contributed by atoms with van der Waals surface area (Å²) in [6.45, 7) is 2.01. The maximum atomic E-state index is 10.9. The van der Waals surface area contributed by atoms with Gasteiger partial charge >= 0.3 is 0 Å². The highest BCUT2D eigenvalue weighted by Crippen LogP contribution is 2.29. The Balaban J connectivity index is 2.92. The van der Waals surface area contributed by atoms with Crippen molar-refractivity contribution >= 4 is 23.7 Å². The summed E-state index contributed by atoms with van der Waals surface area (Å²) in [5.74, 6) is 0. The lowest BCUT2D eigenvalue weighted by Gasteiger charge is -2.10. The van der Waals surface area contributed by atoms with E-state index >= 15 is 0 Å². The van der Waals surface area contributed by atoms with Crippen LogP contribution in [0.15, 0.2) is 23.1 Å². The van der Waals surface area contributed by atoms with Gasteiger partial charge in [-0.1, -0.05) is 6.92 Å². The van der Waals surface area contributed by atoms with Gasteiger partial charge in [-0.15, -0.1) is 11.8 Å². The second-order valence-electron chi connectivity index (χ2n) is 3.54. The fourth-order valence-electron chi connectivity index (χ4n) is 1.31. The number of nitro benzene ring substituents is 1. The number of aliphatic hydroxyl groups is 1. The van der Waals surface area contributed by atoms with E-state index in [1.54, 1.807) is 6.07 Å². The molecule has 0 bridgehead atoms. The minimum absolute atomic E-state index is 0.0809. The molecule has 0 fully saturated rings. The van der Waals surface area contributed by atoms with E-state index in [2.05, 4.69) is 0 Å². The third kappa shape index (κ3) is 3.83. The molecule has 1 aromatic carbocycles. The van der Waals surface area contributed by atoms with Crippen LogP contribution in [0.3, 0.4) is 0 Å². The van der Waals surface area contributed by atoms with Crippen LogP contribution in [0, 0.1) is 10.1 Å². The van der Waals surface area contributed by atoms with Crippen LogP contribution in [0.5, 0.6) is 0 Å². The summed E-state index contributed by atoms with van der Waals surface area (Å²) in [7, 11) is 0. The normalized spacial score (nSPS) is 12.1. The zero-order valence-electron chi connectivity index (χ0n) is 9.33. The number of hydrogen-bond acceptors (Lipinski definition) is 5. The van der Waals surface area contributed by atoms with Gasteiger partial charge in [0, 0.05) is 34.4 Å². The van der Waals surface area contributed by atoms with Gasteiger partial charge in [-0.05, 0) is 12.5 Å². The zero-order valence-corrected chi connectivity index (χ0v) is 10.1. The fraction of sp³-hybridized carbons (Fsp3) is 0.364. The fourth-order valence-corrected chi connectivity index (χ4v) is 2.35. The van der Waals surface area contributed by atoms with Gasteiger partial charge in [0.05, 0.1) is 4.92 Å². The minimum atomic E-state index is -0.529. The Morgan fingerprint density at radius 3 is 2.82 bits per heavy atom. The van der Waals surface area contributed by atoms with Crippen molar-refractivity contribution in [2.24, 2.45) is 0 Å². The molecule has 1 N–H and O–H groups in total. The first kappa shape index (κ1) is 13.7. The number of nitrogens with zero attached hydrogens (tertiary/aromatic N) is 1. The summed E-state index contributed by atoms with van der Waals surface area (Å²) in [6.07, 6.45) is 1.22. The third-order valence-corrected chi connectivity index (χ3v) is 3.46. The molecule has 5 nitrogen and oxygen atoms in total. The molecule has 1 aromatic rings. The molecule has 0 radical (unpaired) electrons. The first-order valence-electron chi connectivity index (χ1n) is 5.09. The van der Waals surface area contributed by atoms with E-state index in [-0.39, 0.29) is 17.5 Å². The van der Waals surface area contributed by atoms with Crippen LogP contribution in [0.4, 0.5) is 5.69 Å². The highest BCUT2D eigenvalue weighted by Gasteiger charge is 2.12. The van der Waals surface area contributed by atoms with E-state index in [9.17, 15) is 14.9 Å². The molecule has 0 saturated heterocycles. The van der Waals surface area contributed by atoms with E-state index in [1.807, 2.05) is 6.92 Å². The quantitative estimate of drug-likeness (QED) is 0.365. The zero-order chi connectivity index (χ0) is 12.8. The molecule has 1 rings (SSSR count). The maximum absolute atomic E-state index is 10.9. The van der Waals surface area contributed by atoms with Gasteiger partial charge in [0.15, 0.2) is 6.29 Å². The molecule has 0 heterocycles. The summed E-state index contributed by atoms with van der Waals surface area (Å²) in [6, 6.07) is 4.21. The number of aliphatic hydroxyl groups excluding tert-OH is 1. The molecular weight excluding hydrogens is 242 g/mol. The maximum Gasteiger partial charge on any atom is 0.270 e. The Hall–Kier alpha value is -1.40. The molecule has 0 aliphatic carbocycles. The monoisotopic (exact) mass is 255 g/mol.